The van der Waals surface area contributed by atoms with E-state index in [9.17, 15) is 13.2 Å². The highest BCUT2D eigenvalue weighted by Crippen LogP contribution is 2.27. The monoisotopic (exact) mass is 394 g/mol. The summed E-state index contributed by atoms with van der Waals surface area (Å²) in [4.78, 5) is 15.8. The van der Waals surface area contributed by atoms with E-state index < -0.39 is 10.0 Å². The van der Waals surface area contributed by atoms with Gasteiger partial charge in [-0.3, -0.25) is 4.90 Å². The van der Waals surface area contributed by atoms with Gasteiger partial charge in [0, 0.05) is 17.1 Å². The van der Waals surface area contributed by atoms with Crippen LogP contribution in [0.1, 0.15) is 23.8 Å². The Bertz CT molecular complexity index is 829. The fourth-order valence-electron chi connectivity index (χ4n) is 3.04. The summed E-state index contributed by atoms with van der Waals surface area (Å²) < 4.78 is 22.5. The number of carbonyl (C=O) groups excluding carboxylic acids is 1. The summed E-state index contributed by atoms with van der Waals surface area (Å²) in [5, 5.41) is 12.7. The van der Waals surface area contributed by atoms with Gasteiger partial charge in [0.05, 0.1) is 10.9 Å². The molecule has 0 saturated carbocycles. The standard InChI is InChI=1S/C17H22N4O3S2/c18-26(23,24)14-7-5-13(6-8-14)20-17(22)19-12-15(16-4-3-11-25-16)21-9-1-2-10-21/h3-8,11,15H,1-2,9-10,12H2,(H2,18,23,24)(H2,19,20,22). The first-order valence-corrected chi connectivity index (χ1v) is 10.8. The molecule has 1 aliphatic rings. The van der Waals surface area contributed by atoms with Crippen molar-refractivity contribution in [3.8, 4) is 0 Å². The summed E-state index contributed by atoms with van der Waals surface area (Å²) in [6.07, 6.45) is 2.37. The number of thiophene rings is 1. The van der Waals surface area contributed by atoms with Gasteiger partial charge in [0.25, 0.3) is 0 Å². The Morgan fingerprint density at radius 1 is 1.19 bits per heavy atom. The third kappa shape index (κ3) is 4.82. The number of carbonyl (C=O) groups is 1. The summed E-state index contributed by atoms with van der Waals surface area (Å²) in [7, 11) is -3.74. The number of nitrogens with zero attached hydrogens (tertiary/aromatic N) is 1. The molecule has 1 fully saturated rings. The highest BCUT2D eigenvalue weighted by molar-refractivity contribution is 7.89. The third-order valence-corrected chi connectivity index (χ3v) is 6.25. The Morgan fingerprint density at radius 3 is 2.46 bits per heavy atom. The van der Waals surface area contributed by atoms with Crippen LogP contribution in [0, 0.1) is 0 Å². The molecule has 1 unspecified atom stereocenters. The number of rotatable bonds is 6. The minimum Gasteiger partial charge on any atom is -0.336 e. The molecule has 3 rings (SSSR count). The van der Waals surface area contributed by atoms with Crippen LogP contribution in [-0.2, 0) is 10.0 Å². The van der Waals surface area contributed by atoms with Crippen LogP contribution in [0.2, 0.25) is 0 Å². The Kier molecular flexibility index (Phi) is 5.92. The molecule has 1 saturated heterocycles. The van der Waals surface area contributed by atoms with Crippen LogP contribution in [0.5, 0.6) is 0 Å². The molecule has 140 valence electrons. The number of hydrogen-bond donors (Lipinski definition) is 3. The van der Waals surface area contributed by atoms with Crippen LogP contribution in [0.3, 0.4) is 0 Å². The lowest BCUT2D eigenvalue weighted by Crippen LogP contribution is -2.38. The van der Waals surface area contributed by atoms with Gasteiger partial charge < -0.3 is 10.6 Å². The second kappa shape index (κ2) is 8.17. The van der Waals surface area contributed by atoms with Gasteiger partial charge in [-0.15, -0.1) is 11.3 Å². The van der Waals surface area contributed by atoms with Crippen LogP contribution in [-0.4, -0.2) is 39.0 Å². The molecule has 0 radical (unpaired) electrons. The minimum atomic E-state index is -3.74. The zero-order valence-electron chi connectivity index (χ0n) is 14.2. The first kappa shape index (κ1) is 18.8. The van der Waals surface area contributed by atoms with E-state index in [4.69, 9.17) is 5.14 Å². The number of benzene rings is 1. The molecule has 7 nitrogen and oxygen atoms in total. The quantitative estimate of drug-likeness (QED) is 0.699. The van der Waals surface area contributed by atoms with Gasteiger partial charge in [-0.05, 0) is 61.6 Å². The fraction of sp³-hybridized carbons (Fsp3) is 0.353. The number of amides is 2. The molecule has 0 spiro atoms. The molecule has 2 amide bonds. The third-order valence-electron chi connectivity index (χ3n) is 4.35. The Morgan fingerprint density at radius 2 is 1.88 bits per heavy atom. The number of hydrogen-bond acceptors (Lipinski definition) is 5. The second-order valence-electron chi connectivity index (χ2n) is 6.18. The summed E-state index contributed by atoms with van der Waals surface area (Å²) >= 11 is 1.70. The highest BCUT2D eigenvalue weighted by atomic mass is 32.2. The molecule has 4 N–H and O–H groups in total. The summed E-state index contributed by atoms with van der Waals surface area (Å²) in [6.45, 7) is 2.60. The van der Waals surface area contributed by atoms with Gasteiger partial charge in [-0.2, -0.15) is 0 Å². The van der Waals surface area contributed by atoms with Crippen molar-refractivity contribution in [3.63, 3.8) is 0 Å². The lowest BCUT2D eigenvalue weighted by Gasteiger charge is -2.26. The molecule has 9 heteroatoms. The zero-order chi connectivity index (χ0) is 18.6. The van der Waals surface area contributed by atoms with Crippen molar-refractivity contribution in [3.05, 3.63) is 46.7 Å². The van der Waals surface area contributed by atoms with Crippen LogP contribution in [0.15, 0.2) is 46.7 Å². The van der Waals surface area contributed by atoms with E-state index in [0.29, 0.717) is 12.2 Å². The summed E-state index contributed by atoms with van der Waals surface area (Å²) in [5.74, 6) is 0. The number of anilines is 1. The van der Waals surface area contributed by atoms with Gasteiger partial charge in [0.15, 0.2) is 0 Å². The molecule has 26 heavy (non-hydrogen) atoms. The molecule has 2 heterocycles. The van der Waals surface area contributed by atoms with E-state index in [1.165, 1.54) is 42.0 Å². The van der Waals surface area contributed by atoms with Gasteiger partial charge in [0.1, 0.15) is 0 Å². The average molecular weight is 395 g/mol. The number of sulfonamides is 1. The smallest absolute Gasteiger partial charge is 0.319 e. The van der Waals surface area contributed by atoms with Crippen molar-refractivity contribution in [2.45, 2.75) is 23.8 Å². The maximum Gasteiger partial charge on any atom is 0.319 e. The number of nitrogens with one attached hydrogen (secondary N) is 2. The molecule has 2 aromatic rings. The van der Waals surface area contributed by atoms with E-state index >= 15 is 0 Å². The van der Waals surface area contributed by atoms with Crippen LogP contribution in [0.4, 0.5) is 10.5 Å². The second-order valence-corrected chi connectivity index (χ2v) is 8.72. The normalized spacial score (nSPS) is 16.3. The van der Waals surface area contributed by atoms with Crippen molar-refractivity contribution in [1.29, 1.82) is 0 Å². The SMILES string of the molecule is NS(=O)(=O)c1ccc(NC(=O)NCC(c2cccs2)N2CCCC2)cc1. The van der Waals surface area contributed by atoms with E-state index in [1.54, 1.807) is 11.3 Å². The zero-order valence-corrected chi connectivity index (χ0v) is 15.9. The largest absolute Gasteiger partial charge is 0.336 e. The predicted octanol–water partition coefficient (Wildman–Crippen LogP) is 2.35. The molecule has 1 atom stereocenters. The molecule has 1 aromatic heterocycles. The van der Waals surface area contributed by atoms with Gasteiger partial charge in [-0.1, -0.05) is 6.07 Å². The van der Waals surface area contributed by atoms with Crippen LogP contribution < -0.4 is 15.8 Å². The topological polar surface area (TPSA) is 105 Å². The Balaban J connectivity index is 1.58. The fourth-order valence-corrected chi connectivity index (χ4v) is 4.41. The van der Waals surface area contributed by atoms with Crippen molar-refractivity contribution >= 4 is 33.1 Å². The summed E-state index contributed by atoms with van der Waals surface area (Å²) in [5.41, 5.74) is 0.503. The molecular weight excluding hydrogens is 372 g/mol. The number of nitrogens with two attached hydrogens (primary N) is 1. The Hall–Kier alpha value is -1.94. The van der Waals surface area contributed by atoms with Crippen LogP contribution in [0.25, 0.3) is 0 Å². The minimum absolute atomic E-state index is 0.00949. The lowest BCUT2D eigenvalue weighted by atomic mass is 10.2. The maximum absolute atomic E-state index is 12.2. The molecule has 0 bridgehead atoms. The number of primary sulfonamides is 1. The summed E-state index contributed by atoms with van der Waals surface area (Å²) in [6, 6.07) is 9.72. The van der Waals surface area contributed by atoms with Crippen molar-refractivity contribution < 1.29 is 13.2 Å². The van der Waals surface area contributed by atoms with Crippen molar-refractivity contribution in [1.82, 2.24) is 10.2 Å². The molecule has 0 aliphatic carbocycles. The number of urea groups is 1. The first-order chi connectivity index (χ1) is 12.4. The first-order valence-electron chi connectivity index (χ1n) is 8.38. The van der Waals surface area contributed by atoms with Crippen molar-refractivity contribution in [2.24, 2.45) is 5.14 Å². The number of likely N-dealkylation sites (tertiary alicyclic amines) is 1. The van der Waals surface area contributed by atoms with Crippen molar-refractivity contribution in [2.75, 3.05) is 25.0 Å². The van der Waals surface area contributed by atoms with E-state index in [-0.39, 0.29) is 17.0 Å². The molecular formula is C17H22N4O3S2. The molecule has 1 aromatic carbocycles. The van der Waals surface area contributed by atoms with Gasteiger partial charge in [-0.25, -0.2) is 18.4 Å². The van der Waals surface area contributed by atoms with E-state index in [0.717, 1.165) is 13.1 Å². The lowest BCUT2D eigenvalue weighted by molar-refractivity contribution is 0.229. The van der Waals surface area contributed by atoms with Gasteiger partial charge >= 0.3 is 6.03 Å². The predicted molar refractivity (Wildman–Crippen MR) is 103 cm³/mol. The van der Waals surface area contributed by atoms with Gasteiger partial charge in [0.2, 0.25) is 10.0 Å². The maximum atomic E-state index is 12.2. The van der Waals surface area contributed by atoms with E-state index in [1.807, 2.05) is 11.4 Å². The Labute approximate surface area is 157 Å². The highest BCUT2D eigenvalue weighted by Gasteiger charge is 2.24. The average Bonchev–Trinajstić information content (AvgIpc) is 3.29. The molecule has 1 aliphatic heterocycles. The van der Waals surface area contributed by atoms with E-state index in [2.05, 4.69) is 21.6 Å². The van der Waals surface area contributed by atoms with Crippen LogP contribution >= 0.6 is 11.3 Å².